The number of carbonyl (C=O) groups excluding carboxylic acids is 1. The van der Waals surface area contributed by atoms with Crippen LogP contribution in [0.1, 0.15) is 30.4 Å². The highest BCUT2D eigenvalue weighted by Crippen LogP contribution is 2.31. The zero-order chi connectivity index (χ0) is 13.9. The van der Waals surface area contributed by atoms with Crippen molar-refractivity contribution in [3.05, 3.63) is 41.5 Å². The predicted octanol–water partition coefficient (Wildman–Crippen LogP) is 2.13. The van der Waals surface area contributed by atoms with Gasteiger partial charge in [-0.25, -0.2) is 4.79 Å². The van der Waals surface area contributed by atoms with Gasteiger partial charge in [0.2, 0.25) is 5.91 Å². The monoisotopic (exact) mass is 259 g/mol. The molecule has 1 amide bonds. The lowest BCUT2D eigenvalue weighted by Crippen LogP contribution is -2.58. The number of nitrogens with one attached hydrogen (secondary N) is 1. The summed E-state index contributed by atoms with van der Waals surface area (Å²) in [5, 5.41) is 11.7. The molecule has 0 aromatic heterocycles. The smallest absolute Gasteiger partial charge is 0.329 e. The third kappa shape index (κ3) is 3.02. The molecule has 19 heavy (non-hydrogen) atoms. The van der Waals surface area contributed by atoms with E-state index in [0.29, 0.717) is 12.8 Å². The number of carbonyl (C=O) groups is 2. The normalized spacial score (nSPS) is 16.9. The van der Waals surface area contributed by atoms with Gasteiger partial charge in [0.1, 0.15) is 5.54 Å². The van der Waals surface area contributed by atoms with Gasteiger partial charge in [-0.3, -0.25) is 4.79 Å². The molecule has 1 aliphatic rings. The molecule has 1 aliphatic carbocycles. The molecule has 2 rings (SSSR count). The largest absolute Gasteiger partial charge is 0.480 e. The summed E-state index contributed by atoms with van der Waals surface area (Å²) >= 11 is 0. The Morgan fingerprint density at radius 3 is 2.63 bits per heavy atom. The van der Waals surface area contributed by atoms with Gasteiger partial charge in [0.15, 0.2) is 0 Å². The highest BCUT2D eigenvalue weighted by atomic mass is 16.4. The summed E-state index contributed by atoms with van der Waals surface area (Å²) in [5.74, 6) is -1.31. The molecule has 0 spiro atoms. The molecule has 0 heterocycles. The number of carboxylic acid groups (broad SMARTS) is 1. The van der Waals surface area contributed by atoms with Crippen molar-refractivity contribution in [3.63, 3.8) is 0 Å². The molecule has 1 fully saturated rings. The van der Waals surface area contributed by atoms with Crippen LogP contribution in [0.15, 0.2) is 30.3 Å². The lowest BCUT2D eigenvalue weighted by Gasteiger charge is -2.37. The number of rotatable bonds is 4. The van der Waals surface area contributed by atoms with E-state index in [1.54, 1.807) is 6.08 Å². The van der Waals surface area contributed by atoms with E-state index in [4.69, 9.17) is 5.11 Å². The van der Waals surface area contributed by atoms with Crippen LogP contribution in [0.5, 0.6) is 0 Å². The zero-order valence-electron chi connectivity index (χ0n) is 10.8. The first kappa shape index (κ1) is 13.3. The minimum atomic E-state index is -1.05. The Bertz CT molecular complexity index is 530. The van der Waals surface area contributed by atoms with Gasteiger partial charge in [-0.05, 0) is 37.8 Å². The maximum absolute atomic E-state index is 11.8. The van der Waals surface area contributed by atoms with Gasteiger partial charge < -0.3 is 10.4 Å². The van der Waals surface area contributed by atoms with Crippen molar-refractivity contribution in [2.75, 3.05) is 0 Å². The van der Waals surface area contributed by atoms with Crippen LogP contribution < -0.4 is 5.32 Å². The molecular weight excluding hydrogens is 242 g/mol. The van der Waals surface area contributed by atoms with Crippen LogP contribution in [-0.4, -0.2) is 22.5 Å². The van der Waals surface area contributed by atoms with Gasteiger partial charge in [-0.1, -0.05) is 29.8 Å². The first-order valence-electron chi connectivity index (χ1n) is 6.32. The van der Waals surface area contributed by atoms with E-state index in [1.165, 1.54) is 6.08 Å². The second kappa shape index (κ2) is 5.26. The summed E-state index contributed by atoms with van der Waals surface area (Å²) in [4.78, 5) is 22.9. The number of aliphatic carboxylic acids is 1. The van der Waals surface area contributed by atoms with Crippen molar-refractivity contribution in [2.45, 2.75) is 31.7 Å². The lowest BCUT2D eigenvalue weighted by atomic mass is 9.77. The van der Waals surface area contributed by atoms with Gasteiger partial charge in [0, 0.05) is 6.08 Å². The van der Waals surface area contributed by atoms with E-state index in [2.05, 4.69) is 5.32 Å². The number of carboxylic acids is 1. The molecule has 0 aliphatic heterocycles. The minimum absolute atomic E-state index is 0.358. The molecule has 0 atom stereocenters. The highest BCUT2D eigenvalue weighted by molar-refractivity contribution is 5.96. The SMILES string of the molecule is Cc1cccc(/C=C/C(=O)NC2(C(=O)O)CCC2)c1. The van der Waals surface area contributed by atoms with Gasteiger partial charge in [-0.15, -0.1) is 0 Å². The second-order valence-corrected chi connectivity index (χ2v) is 4.98. The third-order valence-electron chi connectivity index (χ3n) is 3.45. The van der Waals surface area contributed by atoms with Gasteiger partial charge in [-0.2, -0.15) is 0 Å². The number of hydrogen-bond acceptors (Lipinski definition) is 2. The van der Waals surface area contributed by atoms with E-state index in [9.17, 15) is 9.59 Å². The fraction of sp³-hybridized carbons (Fsp3) is 0.333. The summed E-state index contributed by atoms with van der Waals surface area (Å²) < 4.78 is 0. The fourth-order valence-electron chi connectivity index (χ4n) is 2.15. The number of amides is 1. The van der Waals surface area contributed by atoms with Crippen molar-refractivity contribution in [2.24, 2.45) is 0 Å². The topological polar surface area (TPSA) is 66.4 Å². The van der Waals surface area contributed by atoms with Crippen LogP contribution in [-0.2, 0) is 9.59 Å². The average Bonchev–Trinajstić information content (AvgIpc) is 2.31. The summed E-state index contributed by atoms with van der Waals surface area (Å²) in [6, 6.07) is 7.75. The Balaban J connectivity index is 2.00. The van der Waals surface area contributed by atoms with Crippen molar-refractivity contribution in [3.8, 4) is 0 Å². The molecular formula is C15H17NO3. The molecule has 2 N–H and O–H groups in total. The Hall–Kier alpha value is -2.10. The standard InChI is InChI=1S/C15H17NO3/c1-11-4-2-5-12(10-11)6-7-13(17)16-15(14(18)19)8-3-9-15/h2,4-7,10H,3,8-9H2,1H3,(H,16,17)(H,18,19)/b7-6+. The van der Waals surface area contributed by atoms with E-state index in [1.807, 2.05) is 31.2 Å². The summed E-state index contributed by atoms with van der Waals surface area (Å²) in [5.41, 5.74) is 0.991. The third-order valence-corrected chi connectivity index (χ3v) is 3.45. The number of hydrogen-bond donors (Lipinski definition) is 2. The first-order valence-corrected chi connectivity index (χ1v) is 6.32. The Morgan fingerprint density at radius 2 is 2.11 bits per heavy atom. The van der Waals surface area contributed by atoms with Crippen LogP contribution >= 0.6 is 0 Å². The Labute approximate surface area is 112 Å². The molecule has 1 aromatic rings. The van der Waals surface area contributed by atoms with Crippen molar-refractivity contribution >= 4 is 18.0 Å². The maximum Gasteiger partial charge on any atom is 0.329 e. The van der Waals surface area contributed by atoms with Crippen molar-refractivity contribution in [1.29, 1.82) is 0 Å². The summed E-state index contributed by atoms with van der Waals surface area (Å²) in [6.45, 7) is 1.98. The molecule has 4 heteroatoms. The van der Waals surface area contributed by atoms with Crippen LogP contribution in [0.2, 0.25) is 0 Å². The molecule has 4 nitrogen and oxygen atoms in total. The molecule has 0 saturated heterocycles. The van der Waals surface area contributed by atoms with E-state index < -0.39 is 11.5 Å². The molecule has 0 bridgehead atoms. The fourth-order valence-corrected chi connectivity index (χ4v) is 2.15. The molecule has 0 radical (unpaired) electrons. The van der Waals surface area contributed by atoms with E-state index in [-0.39, 0.29) is 5.91 Å². The van der Waals surface area contributed by atoms with Crippen LogP contribution in [0.25, 0.3) is 6.08 Å². The van der Waals surface area contributed by atoms with Crippen molar-refractivity contribution < 1.29 is 14.7 Å². The second-order valence-electron chi connectivity index (χ2n) is 4.98. The molecule has 1 aromatic carbocycles. The van der Waals surface area contributed by atoms with E-state index >= 15 is 0 Å². The molecule has 1 saturated carbocycles. The number of benzene rings is 1. The Morgan fingerprint density at radius 1 is 1.37 bits per heavy atom. The molecule has 100 valence electrons. The van der Waals surface area contributed by atoms with Gasteiger partial charge in [0.05, 0.1) is 0 Å². The quantitative estimate of drug-likeness (QED) is 0.814. The number of aryl methyl sites for hydroxylation is 1. The maximum atomic E-state index is 11.8. The van der Waals surface area contributed by atoms with Crippen LogP contribution in [0.3, 0.4) is 0 Å². The van der Waals surface area contributed by atoms with E-state index in [0.717, 1.165) is 17.5 Å². The highest BCUT2D eigenvalue weighted by Gasteiger charge is 2.45. The Kier molecular flexibility index (Phi) is 3.69. The van der Waals surface area contributed by atoms with Crippen molar-refractivity contribution in [1.82, 2.24) is 5.32 Å². The minimum Gasteiger partial charge on any atom is -0.480 e. The predicted molar refractivity (Wildman–Crippen MR) is 72.6 cm³/mol. The summed E-state index contributed by atoms with van der Waals surface area (Å²) in [6.07, 6.45) is 4.93. The average molecular weight is 259 g/mol. The van der Waals surface area contributed by atoms with Gasteiger partial charge >= 0.3 is 5.97 Å². The summed E-state index contributed by atoms with van der Waals surface area (Å²) in [7, 11) is 0. The van der Waals surface area contributed by atoms with Crippen LogP contribution in [0, 0.1) is 6.92 Å². The van der Waals surface area contributed by atoms with Crippen LogP contribution in [0.4, 0.5) is 0 Å². The zero-order valence-corrected chi connectivity index (χ0v) is 10.8. The lowest BCUT2D eigenvalue weighted by molar-refractivity contribution is -0.151. The first-order chi connectivity index (χ1) is 9.02. The molecule has 0 unspecified atom stereocenters. The van der Waals surface area contributed by atoms with Gasteiger partial charge in [0.25, 0.3) is 0 Å².